The molecule has 0 saturated carbocycles. The minimum Gasteiger partial charge on any atom is -0.348 e. The number of rotatable bonds is 1. The molecule has 0 aromatic carbocycles. The number of β-lactam (4-membered cyclic amide) rings is 1. The molecular weight excluding hydrogens is 241 g/mol. The van der Waals surface area contributed by atoms with E-state index in [1.54, 1.807) is 0 Å². The SMILES string of the molecule is CC1(C)C(=O)NC1c1cc(Cl)sc1Cl. The number of carbonyl (C=O) groups excluding carboxylic acids is 1. The molecule has 1 aliphatic heterocycles. The van der Waals surface area contributed by atoms with Crippen molar-refractivity contribution in [3.8, 4) is 0 Å². The van der Waals surface area contributed by atoms with E-state index >= 15 is 0 Å². The number of nitrogens with one attached hydrogen (secondary N) is 1. The lowest BCUT2D eigenvalue weighted by Crippen LogP contribution is -2.57. The average molecular weight is 250 g/mol. The molecule has 2 nitrogen and oxygen atoms in total. The van der Waals surface area contributed by atoms with Crippen LogP contribution >= 0.6 is 34.5 Å². The predicted octanol–water partition coefficient (Wildman–Crippen LogP) is 3.25. The lowest BCUT2D eigenvalue weighted by atomic mass is 9.73. The van der Waals surface area contributed by atoms with Crippen LogP contribution in [0.2, 0.25) is 8.67 Å². The standard InChI is InChI=1S/C9H9Cl2NOS/c1-9(2)6(12-8(9)13)4-3-5(10)14-7(4)11/h3,6H,1-2H3,(H,12,13). The molecule has 1 atom stereocenters. The lowest BCUT2D eigenvalue weighted by Gasteiger charge is -2.43. The minimum absolute atomic E-state index is 0.00810. The third-order valence-corrected chi connectivity index (χ3v) is 4.09. The maximum atomic E-state index is 11.3. The second-order valence-electron chi connectivity index (χ2n) is 3.91. The highest BCUT2D eigenvalue weighted by atomic mass is 35.5. The zero-order valence-corrected chi connectivity index (χ0v) is 10.1. The Balaban J connectivity index is 2.34. The summed E-state index contributed by atoms with van der Waals surface area (Å²) in [5.74, 6) is 0.0564. The Morgan fingerprint density at radius 2 is 2.14 bits per heavy atom. The smallest absolute Gasteiger partial charge is 0.228 e. The lowest BCUT2D eigenvalue weighted by molar-refractivity contribution is -0.143. The number of carbonyl (C=O) groups is 1. The topological polar surface area (TPSA) is 29.1 Å². The first-order valence-corrected chi connectivity index (χ1v) is 5.76. The van der Waals surface area contributed by atoms with E-state index in [0.29, 0.717) is 8.67 Å². The zero-order chi connectivity index (χ0) is 10.5. The Bertz CT molecular complexity index is 400. The highest BCUT2D eigenvalue weighted by Crippen LogP contribution is 2.46. The molecule has 5 heteroatoms. The quantitative estimate of drug-likeness (QED) is 0.761. The first-order valence-electron chi connectivity index (χ1n) is 4.18. The van der Waals surface area contributed by atoms with Gasteiger partial charge in [0.15, 0.2) is 0 Å². The summed E-state index contributed by atoms with van der Waals surface area (Å²) in [5.41, 5.74) is 0.542. The van der Waals surface area contributed by atoms with Gasteiger partial charge in [-0.3, -0.25) is 4.79 Å². The monoisotopic (exact) mass is 249 g/mol. The van der Waals surface area contributed by atoms with Gasteiger partial charge in [-0.25, -0.2) is 0 Å². The fourth-order valence-electron chi connectivity index (χ4n) is 1.57. The molecule has 1 aromatic rings. The molecule has 1 fully saturated rings. The van der Waals surface area contributed by atoms with Crippen LogP contribution in [-0.4, -0.2) is 5.91 Å². The summed E-state index contributed by atoms with van der Waals surface area (Å²) in [6.07, 6.45) is 0. The van der Waals surface area contributed by atoms with Crippen LogP contribution in [0.5, 0.6) is 0 Å². The molecule has 1 unspecified atom stereocenters. The van der Waals surface area contributed by atoms with Gasteiger partial charge in [0.1, 0.15) is 0 Å². The van der Waals surface area contributed by atoms with Crippen LogP contribution in [0.25, 0.3) is 0 Å². The first-order chi connectivity index (χ1) is 6.43. The second kappa shape index (κ2) is 3.12. The minimum atomic E-state index is -0.381. The first kappa shape index (κ1) is 10.3. The van der Waals surface area contributed by atoms with Crippen LogP contribution < -0.4 is 5.32 Å². The maximum absolute atomic E-state index is 11.3. The van der Waals surface area contributed by atoms with Crippen LogP contribution in [0.1, 0.15) is 25.5 Å². The van der Waals surface area contributed by atoms with Gasteiger partial charge in [0, 0.05) is 5.56 Å². The number of thiophene rings is 1. The van der Waals surface area contributed by atoms with Gasteiger partial charge in [-0.15, -0.1) is 11.3 Å². The van der Waals surface area contributed by atoms with Gasteiger partial charge in [0.2, 0.25) is 5.91 Å². The molecule has 0 aliphatic carbocycles. The largest absolute Gasteiger partial charge is 0.348 e. The van der Waals surface area contributed by atoms with Gasteiger partial charge in [-0.05, 0) is 19.9 Å². The van der Waals surface area contributed by atoms with E-state index in [9.17, 15) is 4.79 Å². The van der Waals surface area contributed by atoms with E-state index in [0.717, 1.165) is 5.56 Å². The Morgan fingerprint density at radius 1 is 1.50 bits per heavy atom. The summed E-state index contributed by atoms with van der Waals surface area (Å²) in [6.45, 7) is 3.80. The molecule has 1 N–H and O–H groups in total. The molecule has 0 bridgehead atoms. The van der Waals surface area contributed by atoms with E-state index in [4.69, 9.17) is 23.2 Å². The number of halogens is 2. The van der Waals surface area contributed by atoms with E-state index in [1.165, 1.54) is 11.3 Å². The molecular formula is C9H9Cl2NOS. The molecule has 14 heavy (non-hydrogen) atoms. The van der Waals surface area contributed by atoms with Crippen molar-refractivity contribution in [3.05, 3.63) is 20.3 Å². The van der Waals surface area contributed by atoms with Crippen molar-refractivity contribution < 1.29 is 4.79 Å². The van der Waals surface area contributed by atoms with Gasteiger partial charge in [-0.1, -0.05) is 23.2 Å². The van der Waals surface area contributed by atoms with Crippen LogP contribution in [0.15, 0.2) is 6.07 Å². The maximum Gasteiger partial charge on any atom is 0.228 e. The average Bonchev–Trinajstić information content (AvgIpc) is 2.40. The molecule has 0 radical (unpaired) electrons. The van der Waals surface area contributed by atoms with Crippen LogP contribution in [0.4, 0.5) is 0 Å². The van der Waals surface area contributed by atoms with E-state index in [1.807, 2.05) is 19.9 Å². The van der Waals surface area contributed by atoms with Crippen molar-refractivity contribution in [1.29, 1.82) is 0 Å². The number of amides is 1. The molecule has 0 spiro atoms. The molecule has 2 rings (SSSR count). The number of hydrogen-bond acceptors (Lipinski definition) is 2. The molecule has 1 amide bonds. The van der Waals surface area contributed by atoms with E-state index < -0.39 is 0 Å². The summed E-state index contributed by atoms with van der Waals surface area (Å²) in [7, 11) is 0. The van der Waals surface area contributed by atoms with Crippen LogP contribution in [0, 0.1) is 5.41 Å². The van der Waals surface area contributed by atoms with Crippen molar-refractivity contribution in [2.24, 2.45) is 5.41 Å². The van der Waals surface area contributed by atoms with E-state index in [2.05, 4.69) is 5.32 Å². The van der Waals surface area contributed by atoms with Crippen LogP contribution in [-0.2, 0) is 4.79 Å². The van der Waals surface area contributed by atoms with Crippen molar-refractivity contribution in [2.75, 3.05) is 0 Å². The summed E-state index contributed by atoms with van der Waals surface area (Å²) < 4.78 is 1.31. The molecule has 1 aliphatic rings. The normalized spacial score (nSPS) is 24.3. The zero-order valence-electron chi connectivity index (χ0n) is 7.73. The highest BCUT2D eigenvalue weighted by Gasteiger charge is 2.49. The third kappa shape index (κ3) is 1.35. The summed E-state index contributed by atoms with van der Waals surface area (Å²) in [6, 6.07) is 1.81. The van der Waals surface area contributed by atoms with Gasteiger partial charge in [-0.2, -0.15) is 0 Å². The summed E-state index contributed by atoms with van der Waals surface area (Å²) in [5, 5.41) is 2.83. The molecule has 1 aromatic heterocycles. The predicted molar refractivity (Wildman–Crippen MR) is 59.0 cm³/mol. The van der Waals surface area contributed by atoms with E-state index in [-0.39, 0.29) is 17.4 Å². The van der Waals surface area contributed by atoms with Gasteiger partial charge < -0.3 is 5.32 Å². The Morgan fingerprint density at radius 3 is 2.50 bits per heavy atom. The molecule has 76 valence electrons. The fraction of sp³-hybridized carbons (Fsp3) is 0.444. The Labute approximate surface area is 96.2 Å². The van der Waals surface area contributed by atoms with Crippen LogP contribution in [0.3, 0.4) is 0 Å². The van der Waals surface area contributed by atoms with Gasteiger partial charge >= 0.3 is 0 Å². The second-order valence-corrected chi connectivity index (χ2v) is 6.19. The Kier molecular flexibility index (Phi) is 2.29. The Hall–Kier alpha value is -0.250. The summed E-state index contributed by atoms with van der Waals surface area (Å²) >= 11 is 13.2. The van der Waals surface area contributed by atoms with Gasteiger partial charge in [0.05, 0.1) is 20.1 Å². The van der Waals surface area contributed by atoms with Crippen molar-refractivity contribution in [3.63, 3.8) is 0 Å². The summed E-state index contributed by atoms with van der Waals surface area (Å²) in [4.78, 5) is 11.3. The van der Waals surface area contributed by atoms with Crippen molar-refractivity contribution >= 4 is 40.4 Å². The van der Waals surface area contributed by atoms with Crippen molar-refractivity contribution in [1.82, 2.24) is 5.32 Å². The molecule has 1 saturated heterocycles. The number of hydrogen-bond donors (Lipinski definition) is 1. The van der Waals surface area contributed by atoms with Gasteiger partial charge in [0.25, 0.3) is 0 Å². The molecule has 2 heterocycles. The third-order valence-electron chi connectivity index (χ3n) is 2.58. The van der Waals surface area contributed by atoms with Crippen molar-refractivity contribution in [2.45, 2.75) is 19.9 Å². The highest BCUT2D eigenvalue weighted by molar-refractivity contribution is 7.20. The fourth-order valence-corrected chi connectivity index (χ4v) is 3.10.